The van der Waals surface area contributed by atoms with Gasteiger partial charge in [-0.3, -0.25) is 4.72 Å². The van der Waals surface area contributed by atoms with Crippen LogP contribution >= 0.6 is 15.9 Å². The molecule has 0 saturated heterocycles. The summed E-state index contributed by atoms with van der Waals surface area (Å²) in [4.78, 5) is 8.02. The minimum absolute atomic E-state index is 0.00241. The molecule has 2 aromatic heterocycles. The van der Waals surface area contributed by atoms with Crippen molar-refractivity contribution in [3.8, 4) is 0 Å². The highest BCUT2D eigenvalue weighted by Crippen LogP contribution is 2.22. The summed E-state index contributed by atoms with van der Waals surface area (Å²) in [6.07, 6.45) is 3.08. The quantitative estimate of drug-likeness (QED) is 0.862. The number of sulfonamides is 1. The van der Waals surface area contributed by atoms with Gasteiger partial charge >= 0.3 is 0 Å². The van der Waals surface area contributed by atoms with E-state index in [1.165, 1.54) is 6.20 Å². The van der Waals surface area contributed by atoms with Gasteiger partial charge in [-0.25, -0.2) is 9.97 Å². The van der Waals surface area contributed by atoms with Crippen molar-refractivity contribution < 1.29 is 8.42 Å². The third kappa shape index (κ3) is 2.95. The number of halogens is 1. The summed E-state index contributed by atoms with van der Waals surface area (Å²) in [6.45, 7) is 4.36. The van der Waals surface area contributed by atoms with E-state index >= 15 is 0 Å². The molecule has 0 spiro atoms. The molecule has 8 heteroatoms. The topological polar surface area (TPSA) is 76.9 Å². The summed E-state index contributed by atoms with van der Waals surface area (Å²) in [5, 5.41) is 0.00241. The molecule has 2 heterocycles. The molecule has 0 bridgehead atoms. The predicted octanol–water partition coefficient (Wildman–Crippen LogP) is 2.17. The number of aromatic nitrogens is 3. The molecule has 0 aliphatic heterocycles. The normalized spacial score (nSPS) is 11.5. The van der Waals surface area contributed by atoms with Crippen LogP contribution < -0.4 is 4.72 Å². The maximum Gasteiger partial charge on any atom is 0.281 e. The van der Waals surface area contributed by atoms with Crippen molar-refractivity contribution in [2.75, 3.05) is 4.72 Å². The van der Waals surface area contributed by atoms with E-state index in [2.05, 4.69) is 30.6 Å². The largest absolute Gasteiger partial charge is 0.334 e. The number of anilines is 1. The Morgan fingerprint density at radius 3 is 2.79 bits per heavy atom. The van der Waals surface area contributed by atoms with Crippen molar-refractivity contribution in [2.45, 2.75) is 25.4 Å². The van der Waals surface area contributed by atoms with Crippen LogP contribution in [0.15, 0.2) is 34.2 Å². The molecule has 0 radical (unpaired) electrons. The molecule has 2 rings (SSSR count). The Hall–Kier alpha value is -1.41. The number of nitrogens with zero attached hydrogens (tertiary/aromatic N) is 3. The number of rotatable bonds is 4. The molecule has 6 nitrogen and oxygen atoms in total. The first-order valence-electron chi connectivity index (χ1n) is 5.61. The lowest BCUT2D eigenvalue weighted by Gasteiger charge is -2.06. The fourth-order valence-corrected chi connectivity index (χ4v) is 3.15. The summed E-state index contributed by atoms with van der Waals surface area (Å²) in [7, 11) is -3.70. The van der Waals surface area contributed by atoms with Gasteiger partial charge in [0.05, 0.1) is 5.69 Å². The van der Waals surface area contributed by atoms with Crippen LogP contribution in [0.25, 0.3) is 0 Å². The second-order valence-electron chi connectivity index (χ2n) is 3.86. The maximum absolute atomic E-state index is 12.2. The van der Waals surface area contributed by atoms with E-state index in [0.717, 1.165) is 0 Å². The van der Waals surface area contributed by atoms with Crippen LogP contribution in [0.2, 0.25) is 0 Å². The Kier molecular flexibility index (Phi) is 3.91. The molecule has 0 atom stereocenters. The Balaban J connectivity index is 2.35. The monoisotopic (exact) mass is 344 g/mol. The van der Waals surface area contributed by atoms with Gasteiger partial charge in [0.15, 0.2) is 5.03 Å². The van der Waals surface area contributed by atoms with Crippen LogP contribution in [0.1, 0.15) is 12.7 Å². The summed E-state index contributed by atoms with van der Waals surface area (Å²) in [5.74, 6) is 0.660. The van der Waals surface area contributed by atoms with Gasteiger partial charge in [0.25, 0.3) is 10.0 Å². The molecule has 0 aromatic carbocycles. The molecule has 1 N–H and O–H groups in total. The van der Waals surface area contributed by atoms with E-state index in [0.29, 0.717) is 22.7 Å². The summed E-state index contributed by atoms with van der Waals surface area (Å²) < 4.78 is 29.1. The first kappa shape index (κ1) is 14.0. The summed E-state index contributed by atoms with van der Waals surface area (Å²) in [5.41, 5.74) is 0.381. The van der Waals surface area contributed by atoms with Gasteiger partial charge in [-0.15, -0.1) is 0 Å². The highest BCUT2D eigenvalue weighted by Gasteiger charge is 2.20. The molecule has 0 aliphatic rings. The Bertz CT molecular complexity index is 696. The Morgan fingerprint density at radius 2 is 2.21 bits per heavy atom. The smallest absolute Gasteiger partial charge is 0.281 e. The van der Waals surface area contributed by atoms with Crippen molar-refractivity contribution in [1.82, 2.24) is 14.5 Å². The molecular formula is C11H13BrN4O2S. The van der Waals surface area contributed by atoms with Crippen molar-refractivity contribution in [3.63, 3.8) is 0 Å². The fraction of sp³-hybridized carbons (Fsp3) is 0.273. The minimum Gasteiger partial charge on any atom is -0.334 e. The van der Waals surface area contributed by atoms with E-state index < -0.39 is 10.0 Å². The van der Waals surface area contributed by atoms with Crippen LogP contribution in [0.5, 0.6) is 0 Å². The van der Waals surface area contributed by atoms with E-state index in [9.17, 15) is 8.42 Å². The molecule has 102 valence electrons. The second kappa shape index (κ2) is 5.30. The Morgan fingerprint density at radius 1 is 1.47 bits per heavy atom. The number of imidazole rings is 1. The first-order valence-corrected chi connectivity index (χ1v) is 7.88. The van der Waals surface area contributed by atoms with Crippen LogP contribution in [0.3, 0.4) is 0 Å². The van der Waals surface area contributed by atoms with Gasteiger partial charge < -0.3 is 4.57 Å². The van der Waals surface area contributed by atoms with Gasteiger partial charge in [0, 0.05) is 18.9 Å². The highest BCUT2D eigenvalue weighted by atomic mass is 79.9. The number of aryl methyl sites for hydroxylation is 2. The van der Waals surface area contributed by atoms with Gasteiger partial charge in [-0.1, -0.05) is 0 Å². The third-order valence-corrected chi connectivity index (χ3v) is 4.44. The second-order valence-corrected chi connectivity index (χ2v) is 6.24. The highest BCUT2D eigenvalue weighted by molar-refractivity contribution is 9.10. The lowest BCUT2D eigenvalue weighted by Crippen LogP contribution is -2.14. The van der Waals surface area contributed by atoms with Crippen molar-refractivity contribution in [3.05, 3.63) is 35.0 Å². The molecular weight excluding hydrogens is 332 g/mol. The van der Waals surface area contributed by atoms with Crippen molar-refractivity contribution >= 4 is 31.6 Å². The lowest BCUT2D eigenvalue weighted by atomic mass is 10.4. The molecule has 2 aromatic rings. The number of hydrogen-bond donors (Lipinski definition) is 1. The van der Waals surface area contributed by atoms with Gasteiger partial charge in [0.2, 0.25) is 0 Å². The average molecular weight is 345 g/mol. The number of hydrogen-bond acceptors (Lipinski definition) is 4. The average Bonchev–Trinajstić information content (AvgIpc) is 2.74. The SMILES string of the molecule is CCn1cc(S(=O)(=O)Nc2cccnc2Br)nc1C. The van der Waals surface area contributed by atoms with Crippen LogP contribution in [-0.2, 0) is 16.6 Å². The summed E-state index contributed by atoms with van der Waals surface area (Å²) in [6, 6.07) is 3.27. The van der Waals surface area contributed by atoms with E-state index in [-0.39, 0.29) is 5.03 Å². The summed E-state index contributed by atoms with van der Waals surface area (Å²) >= 11 is 3.19. The van der Waals surface area contributed by atoms with Crippen LogP contribution in [-0.4, -0.2) is 23.0 Å². The molecule has 19 heavy (non-hydrogen) atoms. The molecule has 0 saturated carbocycles. The zero-order valence-corrected chi connectivity index (χ0v) is 12.9. The van der Waals surface area contributed by atoms with E-state index in [4.69, 9.17) is 0 Å². The molecule has 0 unspecified atom stereocenters. The van der Waals surface area contributed by atoms with Gasteiger partial charge in [-0.05, 0) is 41.9 Å². The number of pyridine rings is 1. The number of nitrogens with one attached hydrogen (secondary N) is 1. The van der Waals surface area contributed by atoms with Gasteiger partial charge in [0.1, 0.15) is 10.4 Å². The fourth-order valence-electron chi connectivity index (χ4n) is 1.59. The third-order valence-electron chi connectivity index (χ3n) is 2.57. The Labute approximate surface area is 120 Å². The van der Waals surface area contributed by atoms with Crippen molar-refractivity contribution in [1.29, 1.82) is 0 Å². The van der Waals surface area contributed by atoms with Crippen LogP contribution in [0.4, 0.5) is 5.69 Å². The lowest BCUT2D eigenvalue weighted by molar-refractivity contribution is 0.598. The standard InChI is InChI=1S/C11H13BrN4O2S/c1-3-16-7-10(14-8(16)2)19(17,18)15-9-5-4-6-13-11(9)12/h4-7,15H,3H2,1-2H3. The minimum atomic E-state index is -3.70. The van der Waals surface area contributed by atoms with Crippen LogP contribution in [0, 0.1) is 6.92 Å². The van der Waals surface area contributed by atoms with E-state index in [1.54, 1.807) is 29.8 Å². The zero-order valence-electron chi connectivity index (χ0n) is 10.5. The maximum atomic E-state index is 12.2. The molecule has 0 fully saturated rings. The first-order chi connectivity index (χ1) is 8.94. The zero-order chi connectivity index (χ0) is 14.0. The van der Waals surface area contributed by atoms with Crippen molar-refractivity contribution in [2.24, 2.45) is 0 Å². The molecule has 0 aliphatic carbocycles. The predicted molar refractivity (Wildman–Crippen MR) is 75.4 cm³/mol. The van der Waals surface area contributed by atoms with Gasteiger partial charge in [-0.2, -0.15) is 8.42 Å². The van der Waals surface area contributed by atoms with E-state index in [1.807, 2.05) is 6.92 Å². The molecule has 0 amide bonds.